The molecular weight excluding hydrogens is 428 g/mol. The predicted molar refractivity (Wildman–Crippen MR) is 137 cm³/mol. The number of hydrogen-bond donors (Lipinski definition) is 1. The molecule has 6 rings (SSSR count). The number of furan rings is 1. The zero-order valence-corrected chi connectivity index (χ0v) is 19.9. The topological polar surface area (TPSA) is 33.4 Å². The summed E-state index contributed by atoms with van der Waals surface area (Å²) in [6, 6.07) is 24.8. The molecule has 2 nitrogen and oxygen atoms in total. The third-order valence-electron chi connectivity index (χ3n) is 7.12. The van der Waals surface area contributed by atoms with Crippen molar-refractivity contribution < 1.29 is 9.52 Å². The van der Waals surface area contributed by atoms with Crippen LogP contribution < -0.4 is 0 Å². The second-order valence-electron chi connectivity index (χ2n) is 10.1. The summed E-state index contributed by atoms with van der Waals surface area (Å²) in [6.45, 7) is 8.17. The molecule has 0 bridgehead atoms. The second-order valence-corrected chi connectivity index (χ2v) is 10.5. The van der Waals surface area contributed by atoms with Crippen LogP contribution in [0.15, 0.2) is 77.2 Å². The Hall–Kier alpha value is -3.07. The molecule has 1 aliphatic carbocycles. The van der Waals surface area contributed by atoms with Crippen LogP contribution in [0.5, 0.6) is 0 Å². The van der Waals surface area contributed by atoms with Crippen molar-refractivity contribution >= 4 is 33.5 Å². The van der Waals surface area contributed by atoms with Crippen LogP contribution in [0.4, 0.5) is 0 Å². The molecule has 1 heterocycles. The van der Waals surface area contributed by atoms with E-state index in [2.05, 4.69) is 44.2 Å². The van der Waals surface area contributed by atoms with Gasteiger partial charge in [0.05, 0.1) is 5.60 Å². The molecular formula is C30H25ClO2. The summed E-state index contributed by atoms with van der Waals surface area (Å²) in [5, 5.41) is 13.9. The molecule has 0 atom stereocenters. The van der Waals surface area contributed by atoms with Crippen LogP contribution in [0.2, 0.25) is 5.02 Å². The summed E-state index contributed by atoms with van der Waals surface area (Å²) in [5.74, 6) is 0. The number of aliphatic hydroxyl groups is 1. The van der Waals surface area contributed by atoms with Crippen LogP contribution in [-0.2, 0) is 11.0 Å². The highest BCUT2D eigenvalue weighted by molar-refractivity contribution is 6.31. The van der Waals surface area contributed by atoms with E-state index in [-0.39, 0.29) is 5.41 Å². The molecule has 1 N–H and O–H groups in total. The molecule has 0 saturated carbocycles. The number of halogens is 1. The lowest BCUT2D eigenvalue weighted by Gasteiger charge is -2.25. The van der Waals surface area contributed by atoms with Crippen molar-refractivity contribution in [3.05, 3.63) is 94.5 Å². The van der Waals surface area contributed by atoms with Crippen molar-refractivity contribution in [2.24, 2.45) is 0 Å². The predicted octanol–water partition coefficient (Wildman–Crippen LogP) is 8.44. The molecule has 3 heteroatoms. The Morgan fingerprint density at radius 3 is 2.33 bits per heavy atom. The normalized spacial score (nSPS) is 14.6. The highest BCUT2D eigenvalue weighted by Gasteiger charge is 2.39. The molecule has 0 unspecified atom stereocenters. The number of fused-ring (bicyclic) bond motifs is 7. The van der Waals surface area contributed by atoms with Gasteiger partial charge in [0.25, 0.3) is 0 Å². The van der Waals surface area contributed by atoms with Crippen LogP contribution in [0, 0.1) is 0 Å². The lowest BCUT2D eigenvalue weighted by Crippen LogP contribution is -2.17. The first-order valence-electron chi connectivity index (χ1n) is 11.3. The quantitative estimate of drug-likeness (QED) is 0.291. The van der Waals surface area contributed by atoms with Gasteiger partial charge in [-0.05, 0) is 71.5 Å². The minimum absolute atomic E-state index is 0.235. The van der Waals surface area contributed by atoms with Crippen molar-refractivity contribution in [3.63, 3.8) is 0 Å². The summed E-state index contributed by atoms with van der Waals surface area (Å²) in [7, 11) is 0. The Bertz CT molecular complexity index is 1580. The van der Waals surface area contributed by atoms with E-state index < -0.39 is 5.60 Å². The molecule has 164 valence electrons. The fourth-order valence-corrected chi connectivity index (χ4v) is 5.69. The molecule has 0 radical (unpaired) electrons. The van der Waals surface area contributed by atoms with E-state index in [0.29, 0.717) is 0 Å². The molecule has 0 amide bonds. The van der Waals surface area contributed by atoms with Crippen LogP contribution in [-0.4, -0.2) is 5.11 Å². The SMILES string of the molecule is CC(C)(O)c1ccccc1-c1cc2c(c3oc4ccccc4c13)-c1ccc(Cl)cc1C2(C)C. The molecule has 0 saturated heterocycles. The van der Waals surface area contributed by atoms with Crippen molar-refractivity contribution in [3.8, 4) is 22.3 Å². The molecule has 1 aliphatic rings. The summed E-state index contributed by atoms with van der Waals surface area (Å²) < 4.78 is 6.57. The van der Waals surface area contributed by atoms with Gasteiger partial charge in [-0.2, -0.15) is 0 Å². The van der Waals surface area contributed by atoms with E-state index in [0.717, 1.165) is 49.2 Å². The lowest BCUT2D eigenvalue weighted by molar-refractivity contribution is 0.0792. The van der Waals surface area contributed by atoms with Crippen molar-refractivity contribution in [2.45, 2.75) is 38.7 Å². The van der Waals surface area contributed by atoms with Gasteiger partial charge >= 0.3 is 0 Å². The van der Waals surface area contributed by atoms with E-state index in [1.807, 2.05) is 56.3 Å². The fraction of sp³-hybridized carbons (Fsp3) is 0.200. The first-order chi connectivity index (χ1) is 15.7. The summed E-state index contributed by atoms with van der Waals surface area (Å²) in [5.41, 5.74) is 8.28. The Kier molecular flexibility index (Phi) is 4.18. The van der Waals surface area contributed by atoms with Crippen LogP contribution in [0.1, 0.15) is 44.4 Å². The molecule has 0 aliphatic heterocycles. The highest BCUT2D eigenvalue weighted by Crippen LogP contribution is 2.55. The zero-order chi connectivity index (χ0) is 23.1. The number of rotatable bonds is 2. The number of benzene rings is 4. The summed E-state index contributed by atoms with van der Waals surface area (Å²) in [4.78, 5) is 0. The van der Waals surface area contributed by atoms with Gasteiger partial charge in [-0.15, -0.1) is 0 Å². The van der Waals surface area contributed by atoms with Gasteiger partial charge in [-0.1, -0.05) is 74.0 Å². The average Bonchev–Trinajstić information content (AvgIpc) is 3.26. The maximum atomic E-state index is 11.0. The summed E-state index contributed by atoms with van der Waals surface area (Å²) in [6.07, 6.45) is 0. The minimum Gasteiger partial charge on any atom is -0.455 e. The monoisotopic (exact) mass is 452 g/mol. The zero-order valence-electron chi connectivity index (χ0n) is 19.2. The van der Waals surface area contributed by atoms with Crippen molar-refractivity contribution in [1.29, 1.82) is 0 Å². The van der Waals surface area contributed by atoms with Gasteiger partial charge < -0.3 is 9.52 Å². The van der Waals surface area contributed by atoms with E-state index in [4.69, 9.17) is 16.0 Å². The fourth-order valence-electron chi connectivity index (χ4n) is 5.52. The van der Waals surface area contributed by atoms with Gasteiger partial charge in [0, 0.05) is 26.8 Å². The maximum absolute atomic E-state index is 11.0. The standard InChI is InChI=1S/C30H25ClO2/c1-29(2)23-15-17(31)13-14-19(23)27-24(29)16-21(18-9-5-7-11-22(18)30(3,4)32)26-20-10-6-8-12-25(20)33-28(26)27/h5-16,32H,1-4H3. The van der Waals surface area contributed by atoms with E-state index in [1.54, 1.807) is 0 Å². The largest absolute Gasteiger partial charge is 0.455 e. The first kappa shape index (κ1) is 20.5. The van der Waals surface area contributed by atoms with Crippen LogP contribution in [0.25, 0.3) is 44.2 Å². The molecule has 1 aromatic heterocycles. The van der Waals surface area contributed by atoms with Crippen LogP contribution in [0.3, 0.4) is 0 Å². The second kappa shape index (κ2) is 6.72. The smallest absolute Gasteiger partial charge is 0.144 e. The van der Waals surface area contributed by atoms with Gasteiger partial charge in [-0.3, -0.25) is 0 Å². The summed E-state index contributed by atoms with van der Waals surface area (Å²) >= 11 is 6.42. The Labute approximate surface area is 198 Å². The first-order valence-corrected chi connectivity index (χ1v) is 11.7. The highest BCUT2D eigenvalue weighted by atomic mass is 35.5. The van der Waals surface area contributed by atoms with Crippen LogP contribution >= 0.6 is 11.6 Å². The molecule has 0 spiro atoms. The molecule has 5 aromatic rings. The number of hydrogen-bond acceptors (Lipinski definition) is 2. The average molecular weight is 453 g/mol. The lowest BCUT2D eigenvalue weighted by atomic mass is 9.80. The molecule has 0 fully saturated rings. The van der Waals surface area contributed by atoms with Gasteiger partial charge in [-0.25, -0.2) is 0 Å². The minimum atomic E-state index is -0.979. The third-order valence-corrected chi connectivity index (χ3v) is 7.36. The Morgan fingerprint density at radius 2 is 1.55 bits per heavy atom. The van der Waals surface area contributed by atoms with E-state index in [9.17, 15) is 5.11 Å². The van der Waals surface area contributed by atoms with E-state index >= 15 is 0 Å². The molecule has 33 heavy (non-hydrogen) atoms. The Balaban J connectivity index is 1.82. The van der Waals surface area contributed by atoms with E-state index in [1.165, 1.54) is 16.7 Å². The maximum Gasteiger partial charge on any atom is 0.144 e. The third kappa shape index (κ3) is 2.84. The van der Waals surface area contributed by atoms with Gasteiger partial charge in [0.2, 0.25) is 0 Å². The van der Waals surface area contributed by atoms with Crippen molar-refractivity contribution in [2.75, 3.05) is 0 Å². The van der Waals surface area contributed by atoms with Gasteiger partial charge in [0.1, 0.15) is 11.2 Å². The number of para-hydroxylation sites is 1. The van der Waals surface area contributed by atoms with Gasteiger partial charge in [0.15, 0.2) is 0 Å². The van der Waals surface area contributed by atoms with Crippen molar-refractivity contribution in [1.82, 2.24) is 0 Å². The molecule has 4 aromatic carbocycles. The Morgan fingerprint density at radius 1 is 0.818 bits per heavy atom.